The molecule has 0 aliphatic rings. The van der Waals surface area contributed by atoms with Crippen molar-refractivity contribution in [2.75, 3.05) is 0 Å². The van der Waals surface area contributed by atoms with Crippen LogP contribution in [0.15, 0.2) is 42.7 Å². The molecule has 2 heteroatoms. The minimum atomic E-state index is -0.621. The van der Waals surface area contributed by atoms with Crippen molar-refractivity contribution in [1.82, 2.24) is 4.98 Å². The van der Waals surface area contributed by atoms with Crippen LogP contribution in [0.3, 0.4) is 0 Å². The zero-order chi connectivity index (χ0) is 14.0. The number of benzene rings is 1. The van der Waals surface area contributed by atoms with Crippen LogP contribution in [0.2, 0.25) is 0 Å². The highest BCUT2D eigenvalue weighted by atomic mass is 16.3. The number of rotatable bonds is 2. The molecule has 1 aromatic carbocycles. The van der Waals surface area contributed by atoms with Crippen LogP contribution in [0.25, 0.3) is 0 Å². The van der Waals surface area contributed by atoms with E-state index in [1.165, 1.54) is 5.56 Å². The lowest BCUT2D eigenvalue weighted by Crippen LogP contribution is -2.17. The summed E-state index contributed by atoms with van der Waals surface area (Å²) in [5, 5.41) is 10.7. The van der Waals surface area contributed by atoms with Crippen LogP contribution in [-0.2, 0) is 5.41 Å². The fourth-order valence-corrected chi connectivity index (χ4v) is 2.35. The van der Waals surface area contributed by atoms with Gasteiger partial charge >= 0.3 is 0 Å². The number of hydrogen-bond acceptors (Lipinski definition) is 2. The van der Waals surface area contributed by atoms with Gasteiger partial charge in [-0.15, -0.1) is 0 Å². The molecule has 0 amide bonds. The first-order valence-electron chi connectivity index (χ1n) is 6.59. The number of hydrogen-bond donors (Lipinski definition) is 1. The maximum atomic E-state index is 10.7. The Morgan fingerprint density at radius 2 is 1.74 bits per heavy atom. The SMILES string of the molecule is Cc1ccncc1C(O)c1ccccc1C(C)(C)C. The van der Waals surface area contributed by atoms with Gasteiger partial charge in [0.2, 0.25) is 0 Å². The summed E-state index contributed by atoms with van der Waals surface area (Å²) >= 11 is 0. The summed E-state index contributed by atoms with van der Waals surface area (Å²) in [4.78, 5) is 4.12. The zero-order valence-electron chi connectivity index (χ0n) is 12.0. The van der Waals surface area contributed by atoms with Crippen molar-refractivity contribution in [3.05, 3.63) is 65.0 Å². The lowest BCUT2D eigenvalue weighted by Gasteiger charge is -2.25. The van der Waals surface area contributed by atoms with Crippen LogP contribution in [0, 0.1) is 6.92 Å². The van der Waals surface area contributed by atoms with E-state index in [-0.39, 0.29) is 5.41 Å². The molecular formula is C17H21NO. The molecular weight excluding hydrogens is 234 g/mol. The second-order valence-electron chi connectivity index (χ2n) is 5.97. The van der Waals surface area contributed by atoms with Crippen molar-refractivity contribution >= 4 is 0 Å². The van der Waals surface area contributed by atoms with Gasteiger partial charge in [0.15, 0.2) is 0 Å². The molecule has 2 rings (SSSR count). The average molecular weight is 255 g/mol. The molecule has 1 atom stereocenters. The predicted octanol–water partition coefficient (Wildman–Crippen LogP) is 3.77. The number of nitrogens with zero attached hydrogens (tertiary/aromatic N) is 1. The summed E-state index contributed by atoms with van der Waals surface area (Å²) in [6, 6.07) is 10.0. The molecule has 2 aromatic rings. The Labute approximate surface area is 115 Å². The minimum Gasteiger partial charge on any atom is -0.384 e. The van der Waals surface area contributed by atoms with Gasteiger partial charge in [-0.3, -0.25) is 4.98 Å². The fourth-order valence-electron chi connectivity index (χ4n) is 2.35. The summed E-state index contributed by atoms with van der Waals surface area (Å²) in [5.41, 5.74) is 4.08. The maximum Gasteiger partial charge on any atom is 0.106 e. The quantitative estimate of drug-likeness (QED) is 0.886. The van der Waals surface area contributed by atoms with Crippen LogP contribution in [0.4, 0.5) is 0 Å². The van der Waals surface area contributed by atoms with E-state index < -0.39 is 6.10 Å². The van der Waals surface area contributed by atoms with Gasteiger partial charge in [-0.05, 0) is 35.1 Å². The van der Waals surface area contributed by atoms with E-state index in [0.29, 0.717) is 0 Å². The highest BCUT2D eigenvalue weighted by molar-refractivity contribution is 5.40. The molecule has 100 valence electrons. The van der Waals surface area contributed by atoms with E-state index in [1.807, 2.05) is 31.2 Å². The van der Waals surface area contributed by atoms with Gasteiger partial charge in [-0.2, -0.15) is 0 Å². The smallest absolute Gasteiger partial charge is 0.106 e. The molecule has 19 heavy (non-hydrogen) atoms. The molecule has 0 saturated carbocycles. The zero-order valence-corrected chi connectivity index (χ0v) is 12.0. The van der Waals surface area contributed by atoms with Gasteiger partial charge in [0, 0.05) is 18.0 Å². The molecule has 2 nitrogen and oxygen atoms in total. The number of aromatic nitrogens is 1. The van der Waals surface area contributed by atoms with Crippen LogP contribution >= 0.6 is 0 Å². The molecule has 1 N–H and O–H groups in total. The van der Waals surface area contributed by atoms with Crippen LogP contribution in [-0.4, -0.2) is 10.1 Å². The summed E-state index contributed by atoms with van der Waals surface area (Å²) < 4.78 is 0. The normalized spacial score (nSPS) is 13.3. The van der Waals surface area contributed by atoms with E-state index in [9.17, 15) is 5.11 Å². The number of aryl methyl sites for hydroxylation is 1. The van der Waals surface area contributed by atoms with E-state index in [1.54, 1.807) is 12.4 Å². The average Bonchev–Trinajstić information content (AvgIpc) is 2.37. The molecule has 0 bridgehead atoms. The van der Waals surface area contributed by atoms with E-state index >= 15 is 0 Å². The van der Waals surface area contributed by atoms with Gasteiger partial charge in [-0.1, -0.05) is 45.0 Å². The first kappa shape index (κ1) is 13.8. The third-order valence-corrected chi connectivity index (χ3v) is 3.44. The van der Waals surface area contributed by atoms with Gasteiger partial charge < -0.3 is 5.11 Å². The van der Waals surface area contributed by atoms with E-state index in [4.69, 9.17) is 0 Å². The molecule has 0 fully saturated rings. The largest absolute Gasteiger partial charge is 0.384 e. The van der Waals surface area contributed by atoms with Crippen molar-refractivity contribution < 1.29 is 5.11 Å². The second kappa shape index (κ2) is 5.14. The molecule has 1 heterocycles. The van der Waals surface area contributed by atoms with Crippen molar-refractivity contribution in [2.24, 2.45) is 0 Å². The van der Waals surface area contributed by atoms with Gasteiger partial charge in [0.25, 0.3) is 0 Å². The van der Waals surface area contributed by atoms with Crippen LogP contribution in [0.1, 0.15) is 49.1 Å². The summed E-state index contributed by atoms with van der Waals surface area (Å²) in [5.74, 6) is 0. The van der Waals surface area contributed by atoms with Crippen molar-refractivity contribution in [3.8, 4) is 0 Å². The molecule has 1 unspecified atom stereocenters. The molecule has 0 aliphatic carbocycles. The summed E-state index contributed by atoms with van der Waals surface area (Å²) in [6.45, 7) is 8.48. The van der Waals surface area contributed by atoms with Gasteiger partial charge in [-0.25, -0.2) is 0 Å². The third-order valence-electron chi connectivity index (χ3n) is 3.44. The first-order chi connectivity index (χ1) is 8.91. The Morgan fingerprint density at radius 1 is 1.05 bits per heavy atom. The van der Waals surface area contributed by atoms with E-state index in [2.05, 4.69) is 31.8 Å². The Bertz CT molecular complexity index is 569. The fraction of sp³-hybridized carbons (Fsp3) is 0.353. The number of pyridine rings is 1. The van der Waals surface area contributed by atoms with Crippen LogP contribution in [0.5, 0.6) is 0 Å². The predicted molar refractivity (Wildman–Crippen MR) is 78.2 cm³/mol. The van der Waals surface area contributed by atoms with E-state index in [0.717, 1.165) is 16.7 Å². The Hall–Kier alpha value is -1.67. The maximum absolute atomic E-state index is 10.7. The molecule has 0 spiro atoms. The first-order valence-corrected chi connectivity index (χ1v) is 6.59. The highest BCUT2D eigenvalue weighted by Crippen LogP contribution is 2.33. The topological polar surface area (TPSA) is 33.1 Å². The molecule has 1 aromatic heterocycles. The molecule has 0 radical (unpaired) electrons. The minimum absolute atomic E-state index is 0.00763. The second-order valence-corrected chi connectivity index (χ2v) is 5.97. The molecule has 0 saturated heterocycles. The van der Waals surface area contributed by atoms with Crippen molar-refractivity contribution in [1.29, 1.82) is 0 Å². The Kier molecular flexibility index (Phi) is 3.72. The highest BCUT2D eigenvalue weighted by Gasteiger charge is 2.23. The van der Waals surface area contributed by atoms with Crippen molar-refractivity contribution in [3.63, 3.8) is 0 Å². The summed E-state index contributed by atoms with van der Waals surface area (Å²) in [6.07, 6.45) is 2.88. The van der Waals surface area contributed by atoms with Crippen LogP contribution < -0.4 is 0 Å². The monoisotopic (exact) mass is 255 g/mol. The standard InChI is InChI=1S/C17H21NO/c1-12-9-10-18-11-14(12)16(19)13-7-5-6-8-15(13)17(2,3)4/h5-11,16,19H,1-4H3. The Morgan fingerprint density at radius 3 is 2.37 bits per heavy atom. The lowest BCUT2D eigenvalue weighted by molar-refractivity contribution is 0.216. The lowest BCUT2D eigenvalue weighted by atomic mass is 9.81. The summed E-state index contributed by atoms with van der Waals surface area (Å²) in [7, 11) is 0. The Balaban J connectivity index is 2.51. The third kappa shape index (κ3) is 2.85. The number of aliphatic hydroxyl groups excluding tert-OH is 1. The van der Waals surface area contributed by atoms with Gasteiger partial charge in [0.05, 0.1) is 0 Å². The molecule has 0 aliphatic heterocycles. The number of aliphatic hydroxyl groups is 1. The van der Waals surface area contributed by atoms with Gasteiger partial charge in [0.1, 0.15) is 6.10 Å². The van der Waals surface area contributed by atoms with Crippen molar-refractivity contribution in [2.45, 2.75) is 39.2 Å².